The van der Waals surface area contributed by atoms with E-state index in [9.17, 15) is 19.6 Å². The number of anilines is 4. The van der Waals surface area contributed by atoms with Gasteiger partial charge in [-0.25, -0.2) is 0 Å². The van der Waals surface area contributed by atoms with Gasteiger partial charge in [-0.2, -0.15) is 5.26 Å². The molecule has 2 N–H and O–H groups in total. The Bertz CT molecular complexity index is 1930. The first-order valence-electron chi connectivity index (χ1n) is 19.2. The summed E-state index contributed by atoms with van der Waals surface area (Å²) in [5.41, 5.74) is 4.20. The molecular formula is C40H47ClN10O3. The predicted octanol–water partition coefficient (Wildman–Crippen LogP) is 4.00. The number of amides is 3. The topological polar surface area (TPSA) is 141 Å². The second kappa shape index (κ2) is 15.1. The maximum absolute atomic E-state index is 13.3. The zero-order valence-corrected chi connectivity index (χ0v) is 31.5. The van der Waals surface area contributed by atoms with Gasteiger partial charge in [0.2, 0.25) is 11.8 Å². The van der Waals surface area contributed by atoms with E-state index in [1.807, 2.05) is 47.4 Å². The van der Waals surface area contributed by atoms with Gasteiger partial charge in [0.1, 0.15) is 12.1 Å². The van der Waals surface area contributed by atoms with Crippen LogP contribution in [0.1, 0.15) is 55.1 Å². The van der Waals surface area contributed by atoms with Crippen molar-refractivity contribution < 1.29 is 14.4 Å². The van der Waals surface area contributed by atoms with Gasteiger partial charge in [-0.05, 0) is 86.6 Å². The zero-order valence-electron chi connectivity index (χ0n) is 30.7. The SMILES string of the molecule is C[C@@H]1CC2(CCN(c3ccc(C(=O)N4CC(CN5CCN(c6cccc(N[C@@H]7CCC(=O)NC7=O)c6)CC5)C4)nn3)CC2)CN1c1ccc(C#N)c(Cl)c1. The Morgan fingerprint density at radius 1 is 0.981 bits per heavy atom. The van der Waals surface area contributed by atoms with E-state index in [1.165, 1.54) is 0 Å². The second-order valence-corrected chi connectivity index (χ2v) is 16.2. The van der Waals surface area contributed by atoms with Crippen molar-refractivity contribution in [2.24, 2.45) is 11.3 Å². The molecule has 2 atom stereocenters. The lowest BCUT2D eigenvalue weighted by molar-refractivity contribution is -0.133. The minimum absolute atomic E-state index is 0.0542. The fourth-order valence-corrected chi connectivity index (χ4v) is 9.23. The second-order valence-electron chi connectivity index (χ2n) is 15.8. The number of carbonyl (C=O) groups excluding carboxylic acids is 3. The Labute approximate surface area is 321 Å². The van der Waals surface area contributed by atoms with E-state index in [-0.39, 0.29) is 23.1 Å². The highest BCUT2D eigenvalue weighted by atomic mass is 35.5. The lowest BCUT2D eigenvalue weighted by Gasteiger charge is -2.43. The molecule has 5 aliphatic heterocycles. The molecule has 2 aromatic carbocycles. The third kappa shape index (κ3) is 7.54. The molecule has 13 nitrogen and oxygen atoms in total. The van der Waals surface area contributed by atoms with Crippen molar-refractivity contribution in [2.75, 3.05) is 85.5 Å². The first-order valence-corrected chi connectivity index (χ1v) is 19.5. The highest BCUT2D eigenvalue weighted by Crippen LogP contribution is 2.45. The number of imide groups is 1. The molecule has 14 heteroatoms. The van der Waals surface area contributed by atoms with Gasteiger partial charge in [0.15, 0.2) is 11.5 Å². The summed E-state index contributed by atoms with van der Waals surface area (Å²) in [5.74, 6) is 0.727. The van der Waals surface area contributed by atoms with E-state index >= 15 is 0 Å². The summed E-state index contributed by atoms with van der Waals surface area (Å²) < 4.78 is 0. The Morgan fingerprint density at radius 3 is 2.48 bits per heavy atom. The normalized spacial score (nSPS) is 23.3. The summed E-state index contributed by atoms with van der Waals surface area (Å²) in [7, 11) is 0. The number of rotatable bonds is 8. The molecule has 1 aromatic heterocycles. The van der Waals surface area contributed by atoms with Crippen LogP contribution in [0.2, 0.25) is 5.02 Å². The average molecular weight is 751 g/mol. The highest BCUT2D eigenvalue weighted by molar-refractivity contribution is 6.32. The van der Waals surface area contributed by atoms with Crippen molar-refractivity contribution in [3.63, 3.8) is 0 Å². The number of likely N-dealkylation sites (tertiary alicyclic amines) is 1. The summed E-state index contributed by atoms with van der Waals surface area (Å²) in [6.07, 6.45) is 4.08. The van der Waals surface area contributed by atoms with Crippen molar-refractivity contribution in [3.05, 3.63) is 70.9 Å². The van der Waals surface area contributed by atoms with Crippen LogP contribution in [0.15, 0.2) is 54.6 Å². The molecule has 0 saturated carbocycles. The van der Waals surface area contributed by atoms with Gasteiger partial charge in [0.05, 0.1) is 10.6 Å². The number of nitrogens with zero attached hydrogens (tertiary/aromatic N) is 8. The van der Waals surface area contributed by atoms with Crippen molar-refractivity contribution in [1.29, 1.82) is 5.26 Å². The molecule has 282 valence electrons. The van der Waals surface area contributed by atoms with Gasteiger partial charge in [-0.3, -0.25) is 24.6 Å². The standard InChI is InChI=1S/C40H47ClN10O3/c1-27-21-40(26-51(27)32-6-5-29(22-42)33(41)20-32)11-13-49(14-12-40)36-9-7-35(45-46-36)39(54)50-24-28(25-50)23-47-15-17-48(18-16-47)31-4-2-3-30(19-31)43-34-8-10-37(52)44-38(34)53/h2-7,9,19-20,27-28,34,43H,8,10-18,21,23-26H2,1H3,(H,44,52,53)/t27-,34-/m1/s1. The average Bonchev–Trinajstić information content (AvgIpc) is 3.49. The third-order valence-electron chi connectivity index (χ3n) is 12.1. The van der Waals surface area contributed by atoms with Gasteiger partial charge in [-0.1, -0.05) is 17.7 Å². The molecule has 6 heterocycles. The van der Waals surface area contributed by atoms with E-state index in [1.54, 1.807) is 0 Å². The lowest BCUT2D eigenvalue weighted by atomic mass is 9.77. The number of benzene rings is 2. The number of piperazine rings is 1. The molecule has 0 unspecified atom stereocenters. The molecule has 0 aliphatic carbocycles. The van der Waals surface area contributed by atoms with Gasteiger partial charge in [-0.15, -0.1) is 10.2 Å². The summed E-state index contributed by atoms with van der Waals surface area (Å²) in [4.78, 5) is 48.4. The fraction of sp³-hybridized carbons (Fsp3) is 0.500. The van der Waals surface area contributed by atoms with Crippen molar-refractivity contribution in [3.8, 4) is 6.07 Å². The zero-order chi connectivity index (χ0) is 37.4. The van der Waals surface area contributed by atoms with Crippen LogP contribution in [0.25, 0.3) is 0 Å². The molecule has 54 heavy (non-hydrogen) atoms. The fourth-order valence-electron chi connectivity index (χ4n) is 9.01. The number of hydrogen-bond donors (Lipinski definition) is 2. The summed E-state index contributed by atoms with van der Waals surface area (Å²) in [6, 6.07) is 19.8. The number of nitrogens with one attached hydrogen (secondary N) is 2. The molecule has 1 spiro atoms. The molecule has 8 rings (SSSR count). The van der Waals surface area contributed by atoms with Crippen LogP contribution in [0, 0.1) is 22.7 Å². The van der Waals surface area contributed by atoms with Crippen LogP contribution in [0.3, 0.4) is 0 Å². The molecule has 0 bridgehead atoms. The smallest absolute Gasteiger partial charge is 0.274 e. The number of aromatic nitrogens is 2. The van der Waals surface area contributed by atoms with Gasteiger partial charge in [0, 0.05) is 101 Å². The van der Waals surface area contributed by atoms with Gasteiger partial charge < -0.3 is 24.9 Å². The van der Waals surface area contributed by atoms with Crippen molar-refractivity contribution >= 4 is 52.2 Å². The predicted molar refractivity (Wildman–Crippen MR) is 208 cm³/mol. The van der Waals surface area contributed by atoms with E-state index in [0.717, 1.165) is 108 Å². The largest absolute Gasteiger partial charge is 0.374 e. The highest BCUT2D eigenvalue weighted by Gasteiger charge is 2.44. The number of carbonyl (C=O) groups is 3. The van der Waals surface area contributed by atoms with Crippen molar-refractivity contribution in [1.82, 2.24) is 25.3 Å². The summed E-state index contributed by atoms with van der Waals surface area (Å²) in [6.45, 7) is 11.2. The maximum atomic E-state index is 13.3. The van der Waals surface area contributed by atoms with Crippen LogP contribution >= 0.6 is 11.6 Å². The molecule has 5 aliphatic rings. The summed E-state index contributed by atoms with van der Waals surface area (Å²) >= 11 is 6.36. The van der Waals surface area contributed by atoms with Crippen LogP contribution in [0.4, 0.5) is 22.9 Å². The quantitative estimate of drug-likeness (QED) is 0.323. The summed E-state index contributed by atoms with van der Waals surface area (Å²) in [5, 5.41) is 24.3. The monoisotopic (exact) mass is 750 g/mol. The van der Waals surface area contributed by atoms with Crippen LogP contribution in [0.5, 0.6) is 0 Å². The Hall–Kier alpha value is -4.93. The number of piperidine rings is 2. The molecule has 3 aromatic rings. The number of hydrogen-bond acceptors (Lipinski definition) is 11. The molecule has 0 radical (unpaired) electrons. The van der Waals surface area contributed by atoms with E-state index in [4.69, 9.17) is 11.6 Å². The van der Waals surface area contributed by atoms with Crippen LogP contribution in [-0.4, -0.2) is 115 Å². The van der Waals surface area contributed by atoms with E-state index < -0.39 is 6.04 Å². The molecule has 3 amide bonds. The minimum atomic E-state index is -0.401. The van der Waals surface area contributed by atoms with Gasteiger partial charge in [0.25, 0.3) is 5.91 Å². The Balaban J connectivity index is 0.764. The first kappa shape index (κ1) is 36.1. The van der Waals surface area contributed by atoms with Gasteiger partial charge >= 0.3 is 0 Å². The molecular weight excluding hydrogens is 704 g/mol. The Morgan fingerprint density at radius 2 is 1.78 bits per heavy atom. The Kier molecular flexibility index (Phi) is 10.1. The third-order valence-corrected chi connectivity index (χ3v) is 12.4. The lowest BCUT2D eigenvalue weighted by Crippen LogP contribution is -2.56. The van der Waals surface area contributed by atoms with Crippen LogP contribution in [-0.2, 0) is 9.59 Å². The maximum Gasteiger partial charge on any atom is 0.274 e. The number of nitriles is 1. The van der Waals surface area contributed by atoms with Crippen molar-refractivity contribution in [2.45, 2.75) is 51.1 Å². The minimum Gasteiger partial charge on any atom is -0.374 e. The number of halogens is 1. The molecule has 5 fully saturated rings. The van der Waals surface area contributed by atoms with E-state index in [2.05, 4.69) is 65.6 Å². The van der Waals surface area contributed by atoms with Crippen LogP contribution < -0.4 is 25.3 Å². The molecule has 5 saturated heterocycles. The first-order chi connectivity index (χ1) is 26.1. The van der Waals surface area contributed by atoms with E-state index in [0.29, 0.717) is 41.1 Å².